The molecule has 1 aromatic heterocycles. The quantitative estimate of drug-likeness (QED) is 0.662. The minimum atomic E-state index is -4.51. The topological polar surface area (TPSA) is 67.2 Å². The molecule has 1 unspecified atom stereocenters. The molecule has 1 atom stereocenters. The van der Waals surface area contributed by atoms with Gasteiger partial charge in [0, 0.05) is 13.5 Å². The maximum Gasteiger partial charge on any atom is 0.416 e. The fourth-order valence-electron chi connectivity index (χ4n) is 3.05. The molecule has 2 aromatic carbocycles. The molecule has 1 heterocycles. The predicted molar refractivity (Wildman–Crippen MR) is 101 cm³/mol. The van der Waals surface area contributed by atoms with Crippen LogP contribution in [0.4, 0.5) is 13.2 Å². The summed E-state index contributed by atoms with van der Waals surface area (Å²) >= 11 is 0. The van der Waals surface area contributed by atoms with Gasteiger partial charge in [0.05, 0.1) is 35.7 Å². The molecule has 0 aliphatic carbocycles. The first-order chi connectivity index (χ1) is 13.8. The van der Waals surface area contributed by atoms with Crippen LogP contribution in [0, 0.1) is 0 Å². The highest BCUT2D eigenvalue weighted by atomic mass is 19.4. The van der Waals surface area contributed by atoms with Gasteiger partial charge in [-0.1, -0.05) is 42.5 Å². The van der Waals surface area contributed by atoms with Gasteiger partial charge in [0.1, 0.15) is 0 Å². The standard InChI is InChI=1S/C21H20F3N3O2/c1-27-19(10-14-6-3-2-4-7-14)17(12-25-27)20(29)26-18(13-28)15-8-5-9-16(11-15)21(22,23)24/h2-9,11-12,18,28H,10,13H2,1H3,(H,26,29). The van der Waals surface area contributed by atoms with Crippen molar-refractivity contribution in [1.82, 2.24) is 15.1 Å². The van der Waals surface area contributed by atoms with E-state index in [1.54, 1.807) is 11.7 Å². The summed E-state index contributed by atoms with van der Waals surface area (Å²) in [4.78, 5) is 12.8. The van der Waals surface area contributed by atoms with Gasteiger partial charge in [-0.05, 0) is 23.3 Å². The number of rotatable bonds is 6. The van der Waals surface area contributed by atoms with E-state index in [1.165, 1.54) is 18.3 Å². The number of alkyl halides is 3. The second-order valence-corrected chi connectivity index (χ2v) is 6.62. The van der Waals surface area contributed by atoms with Crippen molar-refractivity contribution in [2.75, 3.05) is 6.61 Å². The second-order valence-electron chi connectivity index (χ2n) is 6.62. The summed E-state index contributed by atoms with van der Waals surface area (Å²) in [5.74, 6) is -0.513. The van der Waals surface area contributed by atoms with Gasteiger partial charge in [-0.25, -0.2) is 0 Å². The smallest absolute Gasteiger partial charge is 0.394 e. The Morgan fingerprint density at radius 2 is 1.90 bits per heavy atom. The molecule has 3 rings (SSSR count). The van der Waals surface area contributed by atoms with Gasteiger partial charge < -0.3 is 10.4 Å². The number of aromatic nitrogens is 2. The third-order valence-electron chi connectivity index (χ3n) is 4.62. The minimum absolute atomic E-state index is 0.171. The number of hydrogen-bond donors (Lipinski definition) is 2. The maximum atomic E-state index is 13.0. The van der Waals surface area contributed by atoms with E-state index in [9.17, 15) is 23.1 Å². The number of halogens is 3. The molecule has 0 aliphatic heterocycles. The molecule has 152 valence electrons. The Labute approximate surface area is 165 Å². The van der Waals surface area contributed by atoms with Crippen LogP contribution in [0.25, 0.3) is 0 Å². The van der Waals surface area contributed by atoms with E-state index in [-0.39, 0.29) is 5.56 Å². The van der Waals surface area contributed by atoms with E-state index in [2.05, 4.69) is 10.4 Å². The van der Waals surface area contributed by atoms with Crippen molar-refractivity contribution in [3.05, 3.63) is 88.7 Å². The highest BCUT2D eigenvalue weighted by Gasteiger charge is 2.31. The van der Waals surface area contributed by atoms with Crippen LogP contribution in [0.5, 0.6) is 0 Å². The van der Waals surface area contributed by atoms with E-state index < -0.39 is 30.3 Å². The van der Waals surface area contributed by atoms with E-state index in [0.717, 1.165) is 17.7 Å². The number of aliphatic hydroxyl groups excluding tert-OH is 1. The second kappa shape index (κ2) is 8.48. The molecule has 29 heavy (non-hydrogen) atoms. The lowest BCUT2D eigenvalue weighted by atomic mass is 10.0. The zero-order valence-electron chi connectivity index (χ0n) is 15.6. The molecule has 0 saturated heterocycles. The zero-order chi connectivity index (χ0) is 21.0. The van der Waals surface area contributed by atoms with Crippen molar-refractivity contribution < 1.29 is 23.1 Å². The molecule has 5 nitrogen and oxygen atoms in total. The lowest BCUT2D eigenvalue weighted by Crippen LogP contribution is -2.31. The molecule has 2 N–H and O–H groups in total. The fourth-order valence-corrected chi connectivity index (χ4v) is 3.05. The van der Waals surface area contributed by atoms with E-state index in [0.29, 0.717) is 17.7 Å². The molecule has 0 radical (unpaired) electrons. The molecule has 8 heteroatoms. The van der Waals surface area contributed by atoms with Gasteiger partial charge in [0.15, 0.2) is 0 Å². The summed E-state index contributed by atoms with van der Waals surface area (Å²) in [6, 6.07) is 13.1. The van der Waals surface area contributed by atoms with E-state index >= 15 is 0 Å². The van der Waals surface area contributed by atoms with Crippen molar-refractivity contribution in [2.45, 2.75) is 18.6 Å². The van der Waals surface area contributed by atoms with Gasteiger partial charge in [0.25, 0.3) is 5.91 Å². The van der Waals surface area contributed by atoms with Crippen LogP contribution in [0.1, 0.15) is 38.8 Å². The summed E-state index contributed by atoms with van der Waals surface area (Å²) in [6.45, 7) is -0.540. The molecular weight excluding hydrogens is 383 g/mol. The maximum absolute atomic E-state index is 13.0. The van der Waals surface area contributed by atoms with Crippen LogP contribution in [0.3, 0.4) is 0 Å². The Hall–Kier alpha value is -3.13. The SMILES string of the molecule is Cn1ncc(C(=O)NC(CO)c2cccc(C(F)(F)F)c2)c1Cc1ccccc1. The molecule has 0 aliphatic rings. The third-order valence-corrected chi connectivity index (χ3v) is 4.62. The normalized spacial score (nSPS) is 12.6. The lowest BCUT2D eigenvalue weighted by Gasteiger charge is -2.18. The number of amides is 1. The summed E-state index contributed by atoms with van der Waals surface area (Å²) in [6.07, 6.45) is -2.63. The first kappa shape index (κ1) is 20.6. The number of nitrogens with zero attached hydrogens (tertiary/aromatic N) is 2. The number of benzene rings is 2. The Balaban J connectivity index is 1.82. The van der Waals surface area contributed by atoms with Crippen molar-refractivity contribution in [3.63, 3.8) is 0 Å². The van der Waals surface area contributed by atoms with Crippen LogP contribution in [-0.2, 0) is 19.6 Å². The fraction of sp³-hybridized carbons (Fsp3) is 0.238. The average Bonchev–Trinajstić information content (AvgIpc) is 3.06. The number of aliphatic hydroxyl groups is 1. The summed E-state index contributed by atoms with van der Waals surface area (Å²) < 4.78 is 40.5. The van der Waals surface area contributed by atoms with Crippen LogP contribution >= 0.6 is 0 Å². The number of hydrogen-bond acceptors (Lipinski definition) is 3. The molecule has 1 amide bonds. The van der Waals surface area contributed by atoms with Gasteiger partial charge in [-0.15, -0.1) is 0 Å². The zero-order valence-corrected chi connectivity index (χ0v) is 15.6. The summed E-state index contributed by atoms with van der Waals surface area (Å²) in [7, 11) is 1.71. The average molecular weight is 403 g/mol. The number of aryl methyl sites for hydroxylation is 1. The van der Waals surface area contributed by atoms with Crippen LogP contribution in [0.2, 0.25) is 0 Å². The highest BCUT2D eigenvalue weighted by Crippen LogP contribution is 2.30. The molecule has 3 aromatic rings. The third kappa shape index (κ3) is 4.83. The lowest BCUT2D eigenvalue weighted by molar-refractivity contribution is -0.137. The predicted octanol–water partition coefficient (Wildman–Crippen LogP) is 3.49. The Bertz CT molecular complexity index is 984. The van der Waals surface area contributed by atoms with Crippen molar-refractivity contribution in [1.29, 1.82) is 0 Å². The molecule has 0 spiro atoms. The Morgan fingerprint density at radius 1 is 1.17 bits per heavy atom. The number of nitrogens with one attached hydrogen (secondary N) is 1. The van der Waals surface area contributed by atoms with Crippen molar-refractivity contribution in [2.24, 2.45) is 7.05 Å². The molecule has 0 saturated carbocycles. The first-order valence-corrected chi connectivity index (χ1v) is 8.93. The van der Waals surface area contributed by atoms with Crippen LogP contribution in [0.15, 0.2) is 60.8 Å². The number of carbonyl (C=O) groups excluding carboxylic acids is 1. The van der Waals surface area contributed by atoms with Gasteiger partial charge in [0.2, 0.25) is 0 Å². The summed E-state index contributed by atoms with van der Waals surface area (Å²) in [5.41, 5.74) is 1.29. The van der Waals surface area contributed by atoms with Crippen LogP contribution in [-0.4, -0.2) is 27.4 Å². The summed E-state index contributed by atoms with van der Waals surface area (Å²) in [5, 5.41) is 16.4. The Kier molecular flexibility index (Phi) is 6.03. The van der Waals surface area contributed by atoms with Gasteiger partial charge in [-0.3, -0.25) is 9.48 Å². The molecule has 0 bridgehead atoms. The number of carbonyl (C=O) groups is 1. The first-order valence-electron chi connectivity index (χ1n) is 8.93. The highest BCUT2D eigenvalue weighted by molar-refractivity contribution is 5.95. The van der Waals surface area contributed by atoms with Gasteiger partial charge >= 0.3 is 6.18 Å². The molecular formula is C21H20F3N3O2. The Morgan fingerprint density at radius 3 is 2.55 bits per heavy atom. The molecule has 0 fully saturated rings. The largest absolute Gasteiger partial charge is 0.416 e. The van der Waals surface area contributed by atoms with Crippen LogP contribution < -0.4 is 5.32 Å². The van der Waals surface area contributed by atoms with Gasteiger partial charge in [-0.2, -0.15) is 18.3 Å². The monoisotopic (exact) mass is 403 g/mol. The minimum Gasteiger partial charge on any atom is -0.394 e. The van der Waals surface area contributed by atoms with Crippen molar-refractivity contribution >= 4 is 5.91 Å². The van der Waals surface area contributed by atoms with Crippen molar-refractivity contribution in [3.8, 4) is 0 Å². The van der Waals surface area contributed by atoms with E-state index in [1.807, 2.05) is 30.3 Å². The van der Waals surface area contributed by atoms with E-state index in [4.69, 9.17) is 0 Å².